The van der Waals surface area contributed by atoms with Crippen LogP contribution in [0.3, 0.4) is 0 Å². The summed E-state index contributed by atoms with van der Waals surface area (Å²) in [6.07, 6.45) is 2.25. The van der Waals surface area contributed by atoms with Gasteiger partial charge in [-0.15, -0.1) is 0 Å². The van der Waals surface area contributed by atoms with E-state index in [9.17, 15) is 0 Å². The average molecular weight is 270 g/mol. The Bertz CT molecular complexity index is 333. The van der Waals surface area contributed by atoms with Gasteiger partial charge in [-0.2, -0.15) is 12.6 Å². The van der Waals surface area contributed by atoms with Crippen molar-refractivity contribution in [2.45, 2.75) is 19.8 Å². The Morgan fingerprint density at radius 3 is 2.22 bits per heavy atom. The Balaban J connectivity index is 2.75. The second-order valence-corrected chi connectivity index (χ2v) is 4.51. The smallest absolute Gasteiger partial charge is 0.203 e. The molecule has 0 bridgehead atoms. The average Bonchev–Trinajstić information content (AvgIpc) is 2.42. The lowest BCUT2D eigenvalue weighted by atomic mass is 10.1. The number of thiol groups is 1. The Morgan fingerprint density at radius 1 is 1.17 bits per heavy atom. The van der Waals surface area contributed by atoms with Crippen LogP contribution >= 0.6 is 12.6 Å². The third-order valence-corrected chi connectivity index (χ3v) is 3.32. The first-order valence-electron chi connectivity index (χ1n) is 6.21. The third-order valence-electron chi connectivity index (χ3n) is 2.80. The summed E-state index contributed by atoms with van der Waals surface area (Å²) in [4.78, 5) is 0. The first kappa shape index (κ1) is 15.0. The van der Waals surface area contributed by atoms with E-state index in [0.29, 0.717) is 29.8 Å². The van der Waals surface area contributed by atoms with Crippen LogP contribution in [-0.2, 0) is 0 Å². The summed E-state index contributed by atoms with van der Waals surface area (Å²) in [5, 5.41) is 0. The lowest BCUT2D eigenvalue weighted by molar-refractivity contribution is 0.231. The molecule has 1 aromatic carbocycles. The standard InChI is InChI=1S/C14H22O3S/c1-4-6-11(10-18)9-17-14-12(15-2)7-5-8-13(14)16-3/h5,7-8,11,18H,4,6,9-10H2,1-3H3. The van der Waals surface area contributed by atoms with Crippen molar-refractivity contribution in [1.29, 1.82) is 0 Å². The molecular weight excluding hydrogens is 248 g/mol. The van der Waals surface area contributed by atoms with E-state index in [1.165, 1.54) is 0 Å². The molecule has 4 heteroatoms. The molecule has 0 aliphatic heterocycles. The molecule has 1 rings (SSSR count). The summed E-state index contributed by atoms with van der Waals surface area (Å²) in [6, 6.07) is 5.62. The van der Waals surface area contributed by atoms with Gasteiger partial charge in [-0.25, -0.2) is 0 Å². The van der Waals surface area contributed by atoms with Crippen molar-refractivity contribution in [3.8, 4) is 17.2 Å². The van der Waals surface area contributed by atoms with E-state index < -0.39 is 0 Å². The van der Waals surface area contributed by atoms with Gasteiger partial charge in [-0.05, 0) is 24.3 Å². The third kappa shape index (κ3) is 4.02. The zero-order valence-electron chi connectivity index (χ0n) is 11.3. The summed E-state index contributed by atoms with van der Waals surface area (Å²) >= 11 is 4.35. The Hall–Kier alpha value is -1.03. The van der Waals surface area contributed by atoms with Crippen molar-refractivity contribution in [2.24, 2.45) is 5.92 Å². The molecule has 0 saturated heterocycles. The fraction of sp³-hybridized carbons (Fsp3) is 0.571. The monoisotopic (exact) mass is 270 g/mol. The van der Waals surface area contributed by atoms with Gasteiger partial charge in [0.2, 0.25) is 5.75 Å². The molecule has 18 heavy (non-hydrogen) atoms. The molecule has 1 unspecified atom stereocenters. The molecule has 0 amide bonds. The predicted octanol–water partition coefficient (Wildman–Crippen LogP) is 3.43. The number of para-hydroxylation sites is 1. The molecule has 0 saturated carbocycles. The Morgan fingerprint density at radius 2 is 1.78 bits per heavy atom. The maximum Gasteiger partial charge on any atom is 0.203 e. The number of rotatable bonds is 8. The minimum atomic E-state index is 0.452. The van der Waals surface area contributed by atoms with E-state index in [1.54, 1.807) is 14.2 Å². The van der Waals surface area contributed by atoms with Gasteiger partial charge in [-0.1, -0.05) is 19.4 Å². The highest BCUT2D eigenvalue weighted by Gasteiger charge is 2.13. The molecule has 102 valence electrons. The zero-order valence-corrected chi connectivity index (χ0v) is 12.2. The minimum Gasteiger partial charge on any atom is -0.493 e. The molecule has 3 nitrogen and oxygen atoms in total. The highest BCUT2D eigenvalue weighted by molar-refractivity contribution is 7.80. The molecule has 0 heterocycles. The molecule has 0 aliphatic rings. The quantitative estimate of drug-likeness (QED) is 0.733. The van der Waals surface area contributed by atoms with Crippen LogP contribution < -0.4 is 14.2 Å². The fourth-order valence-corrected chi connectivity index (χ4v) is 2.08. The highest BCUT2D eigenvalue weighted by atomic mass is 32.1. The number of benzene rings is 1. The Kier molecular flexibility index (Phi) is 6.80. The summed E-state index contributed by atoms with van der Waals surface area (Å²) in [5.74, 6) is 3.34. The van der Waals surface area contributed by atoms with Crippen molar-refractivity contribution in [3.63, 3.8) is 0 Å². The minimum absolute atomic E-state index is 0.452. The molecule has 0 N–H and O–H groups in total. The summed E-state index contributed by atoms with van der Waals surface area (Å²) < 4.78 is 16.4. The first-order chi connectivity index (χ1) is 8.76. The van der Waals surface area contributed by atoms with E-state index in [4.69, 9.17) is 14.2 Å². The van der Waals surface area contributed by atoms with Gasteiger partial charge in [0, 0.05) is 5.92 Å². The van der Waals surface area contributed by atoms with Crippen LogP contribution in [0.25, 0.3) is 0 Å². The first-order valence-corrected chi connectivity index (χ1v) is 6.84. The summed E-state index contributed by atoms with van der Waals surface area (Å²) in [7, 11) is 3.26. The Labute approximate surface area is 115 Å². The van der Waals surface area contributed by atoms with E-state index in [0.717, 1.165) is 18.6 Å². The van der Waals surface area contributed by atoms with Crippen LogP contribution in [0.2, 0.25) is 0 Å². The van der Waals surface area contributed by atoms with Crippen LogP contribution in [0.4, 0.5) is 0 Å². The number of ether oxygens (including phenoxy) is 3. The van der Waals surface area contributed by atoms with Crippen molar-refractivity contribution in [2.75, 3.05) is 26.6 Å². The number of hydrogen-bond acceptors (Lipinski definition) is 4. The van der Waals surface area contributed by atoms with Crippen molar-refractivity contribution >= 4 is 12.6 Å². The SMILES string of the molecule is CCCC(CS)COc1c(OC)cccc1OC. The van der Waals surface area contributed by atoms with Gasteiger partial charge in [0.25, 0.3) is 0 Å². The lowest BCUT2D eigenvalue weighted by Gasteiger charge is -2.18. The molecule has 0 aromatic heterocycles. The van der Waals surface area contributed by atoms with Gasteiger partial charge in [0.15, 0.2) is 11.5 Å². The molecular formula is C14H22O3S. The van der Waals surface area contributed by atoms with Crippen molar-refractivity contribution < 1.29 is 14.2 Å². The molecule has 0 radical (unpaired) electrons. The van der Waals surface area contributed by atoms with Crippen LogP contribution in [-0.4, -0.2) is 26.6 Å². The predicted molar refractivity (Wildman–Crippen MR) is 77.3 cm³/mol. The van der Waals surface area contributed by atoms with Gasteiger partial charge < -0.3 is 14.2 Å². The van der Waals surface area contributed by atoms with Crippen LogP contribution in [0.15, 0.2) is 18.2 Å². The summed E-state index contributed by atoms with van der Waals surface area (Å²) in [6.45, 7) is 2.80. The van der Waals surface area contributed by atoms with Gasteiger partial charge in [0.1, 0.15) is 0 Å². The second kappa shape index (κ2) is 8.14. The maximum absolute atomic E-state index is 5.86. The second-order valence-electron chi connectivity index (χ2n) is 4.14. The van der Waals surface area contributed by atoms with Crippen LogP contribution in [0.1, 0.15) is 19.8 Å². The lowest BCUT2D eigenvalue weighted by Crippen LogP contribution is -2.14. The molecule has 0 fully saturated rings. The van der Waals surface area contributed by atoms with E-state index in [1.807, 2.05) is 18.2 Å². The molecule has 0 aliphatic carbocycles. The van der Waals surface area contributed by atoms with Gasteiger partial charge in [0.05, 0.1) is 20.8 Å². The topological polar surface area (TPSA) is 27.7 Å². The largest absolute Gasteiger partial charge is 0.493 e. The van der Waals surface area contributed by atoms with E-state index >= 15 is 0 Å². The highest BCUT2D eigenvalue weighted by Crippen LogP contribution is 2.37. The van der Waals surface area contributed by atoms with Crippen LogP contribution in [0, 0.1) is 5.92 Å². The number of methoxy groups -OCH3 is 2. The molecule has 0 spiro atoms. The molecule has 1 atom stereocenters. The van der Waals surface area contributed by atoms with Crippen LogP contribution in [0.5, 0.6) is 17.2 Å². The number of hydrogen-bond donors (Lipinski definition) is 1. The van der Waals surface area contributed by atoms with E-state index in [2.05, 4.69) is 19.6 Å². The van der Waals surface area contributed by atoms with E-state index in [-0.39, 0.29) is 0 Å². The van der Waals surface area contributed by atoms with Gasteiger partial charge in [-0.3, -0.25) is 0 Å². The maximum atomic E-state index is 5.86. The summed E-state index contributed by atoms with van der Waals surface area (Å²) in [5.41, 5.74) is 0. The van der Waals surface area contributed by atoms with Gasteiger partial charge >= 0.3 is 0 Å². The van der Waals surface area contributed by atoms with Crippen molar-refractivity contribution in [3.05, 3.63) is 18.2 Å². The van der Waals surface area contributed by atoms with Crippen molar-refractivity contribution in [1.82, 2.24) is 0 Å². The normalized spacial score (nSPS) is 12.0. The fourth-order valence-electron chi connectivity index (χ4n) is 1.80. The zero-order chi connectivity index (χ0) is 13.4. The molecule has 1 aromatic rings.